The normalized spacial score (nSPS) is 27.0. The minimum Gasteiger partial charge on any atom is -0.343 e. The van der Waals surface area contributed by atoms with Crippen LogP contribution in [0.3, 0.4) is 0 Å². The van der Waals surface area contributed by atoms with Crippen molar-refractivity contribution < 1.29 is 26.3 Å². The number of hydrogen-bond acceptors (Lipinski definition) is 5. The first-order valence-corrected chi connectivity index (χ1v) is 11.0. The summed E-state index contributed by atoms with van der Waals surface area (Å²) < 4.78 is 82.7. The lowest BCUT2D eigenvalue weighted by Gasteiger charge is -2.38. The van der Waals surface area contributed by atoms with Crippen LogP contribution in [0.2, 0.25) is 0 Å². The average Bonchev–Trinajstić information content (AvgIpc) is 3.48. The number of aromatic nitrogens is 4. The Morgan fingerprint density at radius 1 is 0.909 bits per heavy atom. The third kappa shape index (κ3) is 4.06. The monoisotopic (exact) mass is 474 g/mol. The third-order valence-corrected chi connectivity index (χ3v) is 7.23. The van der Waals surface area contributed by atoms with E-state index in [1.54, 1.807) is 11.2 Å². The lowest BCUT2D eigenvalue weighted by atomic mass is 9.96. The van der Waals surface area contributed by atoms with Gasteiger partial charge in [-0.2, -0.15) is 26.3 Å². The summed E-state index contributed by atoms with van der Waals surface area (Å²) in [5.41, 5.74) is -2.89. The van der Waals surface area contributed by atoms with Gasteiger partial charge in [-0.05, 0) is 70.3 Å². The van der Waals surface area contributed by atoms with Gasteiger partial charge in [0.1, 0.15) is 17.8 Å². The smallest absolute Gasteiger partial charge is 0.343 e. The van der Waals surface area contributed by atoms with E-state index in [0.717, 1.165) is 38.4 Å². The molecule has 0 N–H and O–H groups in total. The zero-order valence-corrected chi connectivity index (χ0v) is 17.9. The van der Waals surface area contributed by atoms with Crippen LogP contribution in [0.1, 0.15) is 61.3 Å². The molecule has 12 heteroatoms. The number of rotatable bonds is 3. The zero-order chi connectivity index (χ0) is 23.5. The highest BCUT2D eigenvalue weighted by Gasteiger charge is 2.50. The predicted molar refractivity (Wildman–Crippen MR) is 106 cm³/mol. The minimum atomic E-state index is -4.99. The fourth-order valence-electron chi connectivity index (χ4n) is 5.62. The molecule has 1 aliphatic carbocycles. The molecular formula is C21H24F6N6. The van der Waals surface area contributed by atoms with Crippen LogP contribution < -0.4 is 4.90 Å². The summed E-state index contributed by atoms with van der Waals surface area (Å²) in [6.45, 7) is 1.79. The van der Waals surface area contributed by atoms with E-state index >= 15 is 0 Å². The number of likely N-dealkylation sites (tertiary alicyclic amines) is 1. The highest BCUT2D eigenvalue weighted by molar-refractivity contribution is 5.49. The first kappa shape index (κ1) is 22.4. The molecule has 2 saturated heterocycles. The van der Waals surface area contributed by atoms with Crippen LogP contribution in [0.4, 0.5) is 32.2 Å². The van der Waals surface area contributed by atoms with E-state index in [4.69, 9.17) is 0 Å². The van der Waals surface area contributed by atoms with Gasteiger partial charge in [0.15, 0.2) is 5.82 Å². The second-order valence-electron chi connectivity index (χ2n) is 9.30. The number of nitrogens with zero attached hydrogens (tertiary/aromatic N) is 6. The Morgan fingerprint density at radius 2 is 1.64 bits per heavy atom. The van der Waals surface area contributed by atoms with Crippen molar-refractivity contribution in [2.45, 2.75) is 62.6 Å². The van der Waals surface area contributed by atoms with Gasteiger partial charge >= 0.3 is 12.4 Å². The van der Waals surface area contributed by atoms with Crippen LogP contribution in [-0.2, 0) is 12.4 Å². The van der Waals surface area contributed by atoms with Gasteiger partial charge in [0.2, 0.25) is 0 Å². The van der Waals surface area contributed by atoms with E-state index in [0.29, 0.717) is 18.7 Å². The van der Waals surface area contributed by atoms with Crippen LogP contribution in [0.15, 0.2) is 18.5 Å². The van der Waals surface area contributed by atoms with Crippen LogP contribution in [-0.4, -0.2) is 50.8 Å². The van der Waals surface area contributed by atoms with Gasteiger partial charge in [-0.1, -0.05) is 0 Å². The fourth-order valence-corrected chi connectivity index (χ4v) is 5.62. The molecule has 2 aliphatic heterocycles. The van der Waals surface area contributed by atoms with Crippen molar-refractivity contribution in [2.24, 2.45) is 5.92 Å². The topological polar surface area (TPSA) is 50.1 Å². The van der Waals surface area contributed by atoms with Crippen molar-refractivity contribution in [3.63, 3.8) is 0 Å². The maximum Gasteiger partial charge on any atom is 0.433 e. The molecule has 0 radical (unpaired) electrons. The third-order valence-electron chi connectivity index (χ3n) is 7.23. The van der Waals surface area contributed by atoms with E-state index < -0.39 is 29.7 Å². The van der Waals surface area contributed by atoms with E-state index in [1.807, 2.05) is 11.6 Å². The Balaban J connectivity index is 1.56. The highest BCUT2D eigenvalue weighted by atomic mass is 19.4. The summed E-state index contributed by atoms with van der Waals surface area (Å²) in [6, 6.07) is 0.322. The molecular weight excluding hydrogens is 450 g/mol. The van der Waals surface area contributed by atoms with Gasteiger partial charge in [-0.15, -0.1) is 10.2 Å². The van der Waals surface area contributed by atoms with Crippen molar-refractivity contribution in [3.8, 4) is 0 Å². The van der Waals surface area contributed by atoms with Crippen LogP contribution >= 0.6 is 0 Å². The van der Waals surface area contributed by atoms with Gasteiger partial charge in [0, 0.05) is 12.1 Å². The number of halogens is 6. The number of hydrogen-bond donors (Lipinski definition) is 0. The van der Waals surface area contributed by atoms with Crippen molar-refractivity contribution in [2.75, 3.05) is 25.0 Å². The van der Waals surface area contributed by atoms with Gasteiger partial charge in [-0.3, -0.25) is 0 Å². The highest BCUT2D eigenvalue weighted by Crippen LogP contribution is 2.52. The molecule has 3 atom stereocenters. The van der Waals surface area contributed by atoms with Gasteiger partial charge in [0.05, 0.1) is 11.6 Å². The molecule has 33 heavy (non-hydrogen) atoms. The first-order valence-electron chi connectivity index (χ1n) is 11.0. The van der Waals surface area contributed by atoms with Crippen LogP contribution in [0.25, 0.3) is 0 Å². The zero-order valence-electron chi connectivity index (χ0n) is 17.9. The summed E-state index contributed by atoms with van der Waals surface area (Å²) in [5, 5.41) is 8.39. The largest absolute Gasteiger partial charge is 0.433 e. The molecule has 6 nitrogen and oxygen atoms in total. The molecule has 0 spiro atoms. The van der Waals surface area contributed by atoms with Gasteiger partial charge in [-0.25, -0.2) is 4.98 Å². The molecule has 1 saturated carbocycles. The quantitative estimate of drug-likeness (QED) is 0.604. The lowest BCUT2D eigenvalue weighted by molar-refractivity contribution is -0.145. The van der Waals surface area contributed by atoms with Crippen molar-refractivity contribution >= 4 is 5.82 Å². The standard InChI is InChI=1S/C21H24F6N6/c1-31-6-4-14(5-7-31)32-11-28-30-19(32)18-12-2-3-15(8-12)33(18)17-10-13(20(22,23)24)9-16(29-17)21(25,26)27/h9-12,14-15,18H,2-8H2,1H3/t12-,15+,18-/m0/s1. The minimum absolute atomic E-state index is 0.0772. The first-order chi connectivity index (χ1) is 15.5. The van der Waals surface area contributed by atoms with E-state index in [9.17, 15) is 26.3 Å². The SMILES string of the molecule is CN1CCC(n2cnnc2[C@@H]2[C@H]3CC[C@H](C3)N2c2cc(C(F)(F)F)cc(C(F)(F)F)n2)CC1. The molecule has 0 unspecified atom stereocenters. The maximum atomic E-state index is 13.5. The number of alkyl halides is 6. The molecule has 3 aliphatic rings. The predicted octanol–water partition coefficient (Wildman–Crippen LogP) is 4.71. The van der Waals surface area contributed by atoms with Crippen LogP contribution in [0, 0.1) is 5.92 Å². The molecule has 4 heterocycles. The Morgan fingerprint density at radius 3 is 2.30 bits per heavy atom. The molecule has 180 valence electrons. The average molecular weight is 474 g/mol. The maximum absolute atomic E-state index is 13.5. The Hall–Kier alpha value is -2.37. The summed E-state index contributed by atoms with van der Waals surface area (Å²) in [5.74, 6) is 0.381. The molecule has 2 bridgehead atoms. The fraction of sp³-hybridized carbons (Fsp3) is 0.667. The number of anilines is 1. The van der Waals surface area contributed by atoms with Crippen LogP contribution in [0.5, 0.6) is 0 Å². The summed E-state index contributed by atoms with van der Waals surface area (Å²) in [4.78, 5) is 7.52. The molecule has 0 aromatic carbocycles. The second kappa shape index (κ2) is 7.85. The molecule has 0 amide bonds. The Kier molecular flexibility index (Phi) is 5.33. The summed E-state index contributed by atoms with van der Waals surface area (Å²) in [7, 11) is 2.04. The van der Waals surface area contributed by atoms with E-state index in [-0.39, 0.29) is 29.9 Å². The number of fused-ring (bicyclic) bond motifs is 2. The Labute approximate surface area is 186 Å². The van der Waals surface area contributed by atoms with Crippen molar-refractivity contribution in [3.05, 3.63) is 35.5 Å². The molecule has 3 fully saturated rings. The molecule has 5 rings (SSSR count). The lowest BCUT2D eigenvalue weighted by Crippen LogP contribution is -2.39. The molecule has 2 aromatic rings. The summed E-state index contributed by atoms with van der Waals surface area (Å²) in [6.07, 6.45) is -4.29. The second-order valence-corrected chi connectivity index (χ2v) is 9.30. The van der Waals surface area contributed by atoms with Crippen molar-refractivity contribution in [1.82, 2.24) is 24.6 Å². The van der Waals surface area contributed by atoms with E-state index in [2.05, 4.69) is 20.1 Å². The molecule has 2 aromatic heterocycles. The number of pyridine rings is 1. The van der Waals surface area contributed by atoms with Crippen molar-refractivity contribution in [1.29, 1.82) is 0 Å². The summed E-state index contributed by atoms with van der Waals surface area (Å²) >= 11 is 0. The van der Waals surface area contributed by atoms with Gasteiger partial charge in [0.25, 0.3) is 0 Å². The Bertz CT molecular complexity index is 977. The number of piperidine rings is 2. The van der Waals surface area contributed by atoms with E-state index in [1.165, 1.54) is 0 Å². The van der Waals surface area contributed by atoms with Gasteiger partial charge < -0.3 is 14.4 Å².